The van der Waals surface area contributed by atoms with Crippen LogP contribution in [-0.4, -0.2) is 82.6 Å². The minimum absolute atomic E-state index is 0. The van der Waals surface area contributed by atoms with E-state index in [1.807, 2.05) is 55.5 Å². The Hall–Kier alpha value is -3.61. The van der Waals surface area contributed by atoms with Crippen molar-refractivity contribution in [2.75, 3.05) is 55.6 Å². The number of anilines is 2. The highest BCUT2D eigenvalue weighted by molar-refractivity contribution is 7.59. The Morgan fingerprint density at radius 3 is 2.41 bits per heavy atom. The third-order valence-corrected chi connectivity index (χ3v) is 10.1. The topological polar surface area (TPSA) is 60.7 Å². The third-order valence-electron chi connectivity index (χ3n) is 10.1. The molecule has 0 N–H and O–H groups in total. The van der Waals surface area contributed by atoms with Crippen LogP contribution < -0.4 is 15.2 Å². The second kappa shape index (κ2) is 15.1. The molecule has 0 bridgehead atoms. The molecule has 3 aliphatic rings. The van der Waals surface area contributed by atoms with E-state index < -0.39 is 12.2 Å². The van der Waals surface area contributed by atoms with Gasteiger partial charge in [-0.15, -0.1) is 0 Å². The molecule has 49 heavy (non-hydrogen) atoms. The first-order valence-corrected chi connectivity index (χ1v) is 17.2. The maximum Gasteiger partial charge on any atom is 0.251 e. The molecule has 0 unspecified atom stereocenters. The van der Waals surface area contributed by atoms with Gasteiger partial charge in [-0.2, -0.15) is 13.5 Å². The van der Waals surface area contributed by atoms with Crippen molar-refractivity contribution in [3.63, 3.8) is 0 Å². The van der Waals surface area contributed by atoms with Crippen LogP contribution in [-0.2, 0) is 13.1 Å². The minimum atomic E-state index is -2.39. The fourth-order valence-electron chi connectivity index (χ4n) is 7.40. The van der Waals surface area contributed by atoms with E-state index in [1.54, 1.807) is 4.90 Å². The van der Waals surface area contributed by atoms with Crippen LogP contribution in [0.15, 0.2) is 59.8 Å². The Morgan fingerprint density at radius 1 is 0.918 bits per heavy atom. The Kier molecular flexibility index (Phi) is 10.9. The van der Waals surface area contributed by atoms with Crippen molar-refractivity contribution in [3.05, 3.63) is 93.5 Å². The Bertz CT molecular complexity index is 1810. The molecule has 3 aromatic heterocycles. The number of alkyl halides is 2. The molecule has 0 radical (unpaired) electrons. The maximum absolute atomic E-state index is 15.8. The van der Waals surface area contributed by atoms with Crippen LogP contribution in [0.25, 0.3) is 10.9 Å². The lowest BCUT2D eigenvalue weighted by molar-refractivity contribution is 0.0853. The maximum atomic E-state index is 15.8. The van der Waals surface area contributed by atoms with Gasteiger partial charge in [0.2, 0.25) is 0 Å². The van der Waals surface area contributed by atoms with Gasteiger partial charge in [0.05, 0.1) is 29.6 Å². The monoisotopic (exact) mass is 693 g/mol. The van der Waals surface area contributed by atoms with Crippen LogP contribution >= 0.6 is 13.5 Å². The number of hydrogen-bond acceptors (Lipinski definition) is 7. The summed E-state index contributed by atoms with van der Waals surface area (Å²) in [5.41, 5.74) is 5.89. The molecule has 2 saturated heterocycles. The van der Waals surface area contributed by atoms with Crippen molar-refractivity contribution in [1.82, 2.24) is 24.3 Å². The number of piperidine rings is 1. The summed E-state index contributed by atoms with van der Waals surface area (Å²) in [5.74, 6) is -0.444. The summed E-state index contributed by atoms with van der Waals surface area (Å²) in [6.45, 7) is 8.42. The van der Waals surface area contributed by atoms with Gasteiger partial charge in [0.1, 0.15) is 5.82 Å². The van der Waals surface area contributed by atoms with E-state index >= 15 is 4.39 Å². The van der Waals surface area contributed by atoms with Gasteiger partial charge >= 0.3 is 0 Å². The summed E-state index contributed by atoms with van der Waals surface area (Å²) in [4.78, 5) is 31.6. The van der Waals surface area contributed by atoms with Crippen LogP contribution in [0, 0.1) is 19.7 Å². The normalized spacial score (nSPS) is 18.8. The molecular weight excluding hydrogens is 648 g/mol. The highest BCUT2D eigenvalue weighted by atomic mass is 32.1. The minimum Gasteiger partial charge on any atom is -0.369 e. The highest BCUT2D eigenvalue weighted by Crippen LogP contribution is 2.38. The number of rotatable bonds is 10. The van der Waals surface area contributed by atoms with Gasteiger partial charge in [-0.3, -0.25) is 24.6 Å². The van der Waals surface area contributed by atoms with Crippen molar-refractivity contribution in [1.29, 1.82) is 0 Å². The number of aromatic nitrogens is 3. The predicted octanol–water partition coefficient (Wildman–Crippen LogP) is 6.05. The van der Waals surface area contributed by atoms with Crippen molar-refractivity contribution < 1.29 is 13.2 Å². The zero-order valence-corrected chi connectivity index (χ0v) is 29.3. The number of pyridine rings is 3. The molecule has 8 nitrogen and oxygen atoms in total. The van der Waals surface area contributed by atoms with E-state index in [4.69, 9.17) is 0 Å². The fourth-order valence-corrected chi connectivity index (χ4v) is 7.40. The summed E-state index contributed by atoms with van der Waals surface area (Å²) < 4.78 is 43.9. The van der Waals surface area contributed by atoms with E-state index in [9.17, 15) is 13.6 Å². The van der Waals surface area contributed by atoms with Gasteiger partial charge in [-0.05, 0) is 81.5 Å². The summed E-state index contributed by atoms with van der Waals surface area (Å²) in [6.07, 6.45) is 7.47. The molecule has 1 atom stereocenters. The molecule has 0 spiro atoms. The SMILES string of the molecule is Cc1ccc(N2CCC[C@H](N(Cc3ccnc(C)c3)Cc3cn(C4CC4)c4cc(N5CCN(CC(F)F)CC5)c(F)cc4c3=O)C2)cn1.S. The predicted molar refractivity (Wildman–Crippen MR) is 194 cm³/mol. The summed E-state index contributed by atoms with van der Waals surface area (Å²) in [5, 5.41) is 0.396. The van der Waals surface area contributed by atoms with Crippen LogP contribution in [0.5, 0.6) is 0 Å². The second-order valence-electron chi connectivity index (χ2n) is 13.7. The quantitative estimate of drug-likeness (QED) is 0.201. The summed E-state index contributed by atoms with van der Waals surface area (Å²) in [7, 11) is 0. The highest BCUT2D eigenvalue weighted by Gasteiger charge is 2.30. The Labute approximate surface area is 293 Å². The summed E-state index contributed by atoms with van der Waals surface area (Å²) >= 11 is 0. The van der Waals surface area contributed by atoms with E-state index in [0.29, 0.717) is 55.9 Å². The van der Waals surface area contributed by atoms with Gasteiger partial charge in [0.15, 0.2) is 5.43 Å². The summed E-state index contributed by atoms with van der Waals surface area (Å²) in [6, 6.07) is 12.0. The van der Waals surface area contributed by atoms with Crippen molar-refractivity contribution in [3.8, 4) is 0 Å². The zero-order chi connectivity index (χ0) is 33.4. The molecule has 3 fully saturated rings. The number of halogens is 3. The molecule has 12 heteroatoms. The van der Waals surface area contributed by atoms with Gasteiger partial charge < -0.3 is 14.4 Å². The van der Waals surface area contributed by atoms with Crippen LogP contribution in [0.4, 0.5) is 24.5 Å². The van der Waals surface area contributed by atoms with E-state index in [1.165, 1.54) is 6.07 Å². The Morgan fingerprint density at radius 2 is 1.71 bits per heavy atom. The first kappa shape index (κ1) is 35.2. The largest absolute Gasteiger partial charge is 0.369 e. The average molecular weight is 694 g/mol. The van der Waals surface area contributed by atoms with Crippen LogP contribution in [0.1, 0.15) is 54.2 Å². The van der Waals surface area contributed by atoms with Crippen molar-refractivity contribution in [2.45, 2.75) is 71.1 Å². The molecule has 4 aromatic rings. The number of fused-ring (bicyclic) bond motifs is 1. The van der Waals surface area contributed by atoms with Crippen molar-refractivity contribution in [2.24, 2.45) is 0 Å². The second-order valence-corrected chi connectivity index (χ2v) is 13.7. The lowest BCUT2D eigenvalue weighted by Crippen LogP contribution is -2.48. The van der Waals surface area contributed by atoms with Gasteiger partial charge in [-0.1, -0.05) is 0 Å². The van der Waals surface area contributed by atoms with Crippen molar-refractivity contribution >= 4 is 35.8 Å². The molecule has 5 heterocycles. The molecule has 1 aromatic carbocycles. The third kappa shape index (κ3) is 8.07. The zero-order valence-electron chi connectivity index (χ0n) is 28.3. The van der Waals surface area contributed by atoms with Gasteiger partial charge in [0.25, 0.3) is 6.43 Å². The standard InChI is InChI=1S/C37H44F3N7O.H2S/c1-25-5-6-30(19-42-25)45-11-3-4-31(23-45)46(20-27-9-10-41-26(2)16-27)21-28-22-47(29-7-8-29)34-18-35(33(38)17-32(34)37(28)48)44-14-12-43(13-15-44)24-36(39)40;/h5-6,9-10,16-19,22,29,31,36H,3-4,7-8,11-15,20-21,23-24H2,1-2H3;1H2/t31-;/m0./s1. The molecule has 0 amide bonds. The molecular formula is C37H46F3N7OS. The molecule has 7 rings (SSSR count). The van der Waals surface area contributed by atoms with E-state index in [0.717, 1.165) is 66.9 Å². The number of aryl methyl sites for hydroxylation is 2. The average Bonchev–Trinajstić information content (AvgIpc) is 3.92. The number of benzene rings is 1. The fraction of sp³-hybridized carbons (Fsp3) is 0.486. The van der Waals surface area contributed by atoms with E-state index in [2.05, 4.69) is 36.5 Å². The molecule has 1 aliphatic carbocycles. The molecule has 2 aliphatic heterocycles. The first-order valence-electron chi connectivity index (χ1n) is 17.2. The molecule has 1 saturated carbocycles. The van der Waals surface area contributed by atoms with Crippen LogP contribution in [0.3, 0.4) is 0 Å². The number of nitrogens with zero attached hydrogens (tertiary/aromatic N) is 7. The first-order chi connectivity index (χ1) is 23.2. The van der Waals surface area contributed by atoms with Crippen LogP contribution in [0.2, 0.25) is 0 Å². The number of hydrogen-bond donors (Lipinski definition) is 0. The molecule has 262 valence electrons. The van der Waals surface area contributed by atoms with Gasteiger partial charge in [-0.25, -0.2) is 13.2 Å². The smallest absolute Gasteiger partial charge is 0.251 e. The van der Waals surface area contributed by atoms with Gasteiger partial charge in [0, 0.05) is 99.2 Å². The lowest BCUT2D eigenvalue weighted by Gasteiger charge is -2.40. The van der Waals surface area contributed by atoms with E-state index in [-0.39, 0.29) is 37.6 Å². The number of piperazine rings is 1. The lowest BCUT2D eigenvalue weighted by atomic mass is 10.0. The Balaban J connectivity index is 0.00000417.